The molecule has 1 amide bonds. The minimum atomic E-state index is -0.236. The largest absolute Gasteiger partial charge is 0.450 e. The summed E-state index contributed by atoms with van der Waals surface area (Å²) in [6, 6.07) is 0. The Balaban J connectivity index is 1.99. The quantitative estimate of drug-likeness (QED) is 0.720. The number of alkyl carbamates (subject to hydrolysis) is 1. The minimum absolute atomic E-state index is 0.236. The van der Waals surface area contributed by atoms with Gasteiger partial charge < -0.3 is 10.1 Å². The van der Waals surface area contributed by atoms with Crippen LogP contribution in [0.25, 0.3) is 0 Å². The maximum atomic E-state index is 11.4. The fourth-order valence-electron chi connectivity index (χ4n) is 2.33. The molecule has 3 nitrogen and oxygen atoms in total. The highest BCUT2D eigenvalue weighted by atomic mass is 16.5. The summed E-state index contributed by atoms with van der Waals surface area (Å²) in [6.45, 7) is 5.80. The van der Waals surface area contributed by atoms with Crippen molar-refractivity contribution < 1.29 is 9.53 Å². The molecule has 0 spiro atoms. The van der Waals surface area contributed by atoms with E-state index in [1.54, 1.807) is 0 Å². The summed E-state index contributed by atoms with van der Waals surface area (Å²) in [5.74, 6) is 1.53. The van der Waals surface area contributed by atoms with Crippen LogP contribution in [-0.4, -0.2) is 19.2 Å². The number of ether oxygens (including phenoxy) is 1. The molecule has 0 atom stereocenters. The van der Waals surface area contributed by atoms with E-state index in [-0.39, 0.29) is 6.09 Å². The number of unbranched alkanes of at least 4 members (excludes halogenated alkanes) is 2. The maximum absolute atomic E-state index is 11.4. The van der Waals surface area contributed by atoms with E-state index in [2.05, 4.69) is 19.2 Å². The van der Waals surface area contributed by atoms with Gasteiger partial charge in [0.05, 0.1) is 6.61 Å². The van der Waals surface area contributed by atoms with E-state index in [1.165, 1.54) is 25.7 Å². The van der Waals surface area contributed by atoms with Crippen LogP contribution in [0.3, 0.4) is 0 Å². The Morgan fingerprint density at radius 2 is 1.94 bits per heavy atom. The van der Waals surface area contributed by atoms with Crippen molar-refractivity contribution in [2.75, 3.05) is 13.2 Å². The Morgan fingerprint density at radius 3 is 2.59 bits per heavy atom. The van der Waals surface area contributed by atoms with Gasteiger partial charge >= 0.3 is 6.09 Å². The van der Waals surface area contributed by atoms with Crippen LogP contribution < -0.4 is 5.32 Å². The van der Waals surface area contributed by atoms with Gasteiger partial charge in [-0.3, -0.25) is 0 Å². The molecule has 0 heterocycles. The van der Waals surface area contributed by atoms with E-state index >= 15 is 0 Å². The third-order valence-electron chi connectivity index (χ3n) is 3.65. The fourth-order valence-corrected chi connectivity index (χ4v) is 2.33. The predicted octanol–water partition coefficient (Wildman–Crippen LogP) is 3.73. The molecule has 1 aliphatic rings. The summed E-state index contributed by atoms with van der Waals surface area (Å²) >= 11 is 0. The lowest BCUT2D eigenvalue weighted by Crippen LogP contribution is -2.31. The lowest BCUT2D eigenvalue weighted by atomic mass is 9.83. The SMILES string of the molecule is CCCCCOC(=O)NC[C@H]1CC[C@H](C)CC1. The zero-order chi connectivity index (χ0) is 12.5. The number of carbonyl (C=O) groups excluding carboxylic acids is 1. The van der Waals surface area contributed by atoms with Gasteiger partial charge in [0.1, 0.15) is 0 Å². The molecule has 1 fully saturated rings. The van der Waals surface area contributed by atoms with Crippen molar-refractivity contribution in [1.82, 2.24) is 5.32 Å². The average molecular weight is 241 g/mol. The molecule has 0 aromatic carbocycles. The van der Waals surface area contributed by atoms with Gasteiger partial charge in [-0.15, -0.1) is 0 Å². The third kappa shape index (κ3) is 6.54. The molecular formula is C14H27NO2. The van der Waals surface area contributed by atoms with Gasteiger partial charge in [0.15, 0.2) is 0 Å². The molecule has 3 heteroatoms. The maximum Gasteiger partial charge on any atom is 0.407 e. The lowest BCUT2D eigenvalue weighted by molar-refractivity contribution is 0.140. The van der Waals surface area contributed by atoms with Gasteiger partial charge in [-0.2, -0.15) is 0 Å². The molecule has 1 N–H and O–H groups in total. The molecule has 0 aromatic heterocycles. The second-order valence-electron chi connectivity index (χ2n) is 5.35. The van der Waals surface area contributed by atoms with E-state index in [0.717, 1.165) is 31.7 Å². The molecule has 100 valence electrons. The molecule has 0 radical (unpaired) electrons. The lowest BCUT2D eigenvalue weighted by Gasteiger charge is -2.26. The topological polar surface area (TPSA) is 38.3 Å². The van der Waals surface area contributed by atoms with Gasteiger partial charge in [-0.1, -0.05) is 39.5 Å². The van der Waals surface area contributed by atoms with E-state index < -0.39 is 0 Å². The minimum Gasteiger partial charge on any atom is -0.450 e. The van der Waals surface area contributed by atoms with Crippen molar-refractivity contribution in [2.24, 2.45) is 11.8 Å². The van der Waals surface area contributed by atoms with Crippen LogP contribution in [0.15, 0.2) is 0 Å². The first-order valence-electron chi connectivity index (χ1n) is 7.13. The molecular weight excluding hydrogens is 214 g/mol. The number of nitrogens with one attached hydrogen (secondary N) is 1. The van der Waals surface area contributed by atoms with Crippen molar-refractivity contribution in [3.8, 4) is 0 Å². The van der Waals surface area contributed by atoms with Crippen LogP contribution in [0.1, 0.15) is 58.8 Å². The van der Waals surface area contributed by atoms with Crippen molar-refractivity contribution in [1.29, 1.82) is 0 Å². The molecule has 1 rings (SSSR count). The Kier molecular flexibility index (Phi) is 7.06. The van der Waals surface area contributed by atoms with Crippen LogP contribution >= 0.6 is 0 Å². The number of hydrogen-bond acceptors (Lipinski definition) is 2. The molecule has 0 bridgehead atoms. The number of amides is 1. The van der Waals surface area contributed by atoms with E-state index in [1.807, 2.05) is 0 Å². The normalized spacial score (nSPS) is 24.4. The second kappa shape index (κ2) is 8.37. The standard InChI is InChI=1S/C14H27NO2/c1-3-4-5-10-17-14(16)15-11-13-8-6-12(2)7-9-13/h12-13H,3-11H2,1-2H3,(H,15,16)/t12-,13-. The average Bonchev–Trinajstić information content (AvgIpc) is 2.34. The van der Waals surface area contributed by atoms with Crippen molar-refractivity contribution in [2.45, 2.75) is 58.8 Å². The Hall–Kier alpha value is -0.730. The Labute approximate surface area is 105 Å². The van der Waals surface area contributed by atoms with E-state index in [0.29, 0.717) is 12.5 Å². The highest BCUT2D eigenvalue weighted by Crippen LogP contribution is 2.27. The monoisotopic (exact) mass is 241 g/mol. The zero-order valence-corrected chi connectivity index (χ0v) is 11.3. The third-order valence-corrected chi connectivity index (χ3v) is 3.65. The van der Waals surface area contributed by atoms with Gasteiger partial charge in [-0.25, -0.2) is 4.79 Å². The number of rotatable bonds is 6. The highest BCUT2D eigenvalue weighted by Gasteiger charge is 2.18. The van der Waals surface area contributed by atoms with Crippen molar-refractivity contribution >= 4 is 6.09 Å². The van der Waals surface area contributed by atoms with Crippen LogP contribution in [-0.2, 0) is 4.74 Å². The summed E-state index contributed by atoms with van der Waals surface area (Å²) in [7, 11) is 0. The highest BCUT2D eigenvalue weighted by molar-refractivity contribution is 5.67. The number of carbonyl (C=O) groups is 1. The smallest absolute Gasteiger partial charge is 0.407 e. The van der Waals surface area contributed by atoms with Crippen LogP contribution in [0.2, 0.25) is 0 Å². The second-order valence-corrected chi connectivity index (χ2v) is 5.35. The van der Waals surface area contributed by atoms with E-state index in [4.69, 9.17) is 4.74 Å². The molecule has 0 unspecified atom stereocenters. The fraction of sp³-hybridized carbons (Fsp3) is 0.929. The molecule has 0 aromatic rings. The summed E-state index contributed by atoms with van der Waals surface area (Å²) in [5.41, 5.74) is 0. The van der Waals surface area contributed by atoms with Gasteiger partial charge in [0, 0.05) is 6.54 Å². The van der Waals surface area contributed by atoms with E-state index in [9.17, 15) is 4.79 Å². The molecule has 0 aliphatic heterocycles. The zero-order valence-electron chi connectivity index (χ0n) is 11.3. The van der Waals surface area contributed by atoms with Gasteiger partial charge in [0.25, 0.3) is 0 Å². The van der Waals surface area contributed by atoms with Crippen LogP contribution in [0.5, 0.6) is 0 Å². The first kappa shape index (κ1) is 14.3. The summed E-state index contributed by atoms with van der Waals surface area (Å²) in [4.78, 5) is 11.4. The predicted molar refractivity (Wildman–Crippen MR) is 70.0 cm³/mol. The first-order chi connectivity index (χ1) is 8.22. The Bertz CT molecular complexity index is 210. The molecule has 1 aliphatic carbocycles. The molecule has 0 saturated heterocycles. The van der Waals surface area contributed by atoms with Crippen molar-refractivity contribution in [3.05, 3.63) is 0 Å². The number of hydrogen-bond donors (Lipinski definition) is 1. The van der Waals surface area contributed by atoms with Crippen LogP contribution in [0, 0.1) is 11.8 Å². The summed E-state index contributed by atoms with van der Waals surface area (Å²) < 4.78 is 5.11. The summed E-state index contributed by atoms with van der Waals surface area (Å²) in [5, 5.41) is 2.88. The van der Waals surface area contributed by atoms with Gasteiger partial charge in [0.2, 0.25) is 0 Å². The molecule has 17 heavy (non-hydrogen) atoms. The molecule has 1 saturated carbocycles. The van der Waals surface area contributed by atoms with Crippen molar-refractivity contribution in [3.63, 3.8) is 0 Å². The first-order valence-corrected chi connectivity index (χ1v) is 7.13. The van der Waals surface area contributed by atoms with Crippen LogP contribution in [0.4, 0.5) is 4.79 Å². The van der Waals surface area contributed by atoms with Gasteiger partial charge in [-0.05, 0) is 31.1 Å². The summed E-state index contributed by atoms with van der Waals surface area (Å²) in [6.07, 6.45) is 8.13. The Morgan fingerprint density at radius 1 is 1.24 bits per heavy atom.